The molecule has 1 aliphatic heterocycles. The van der Waals surface area contributed by atoms with Crippen LogP contribution in [0, 0.1) is 5.92 Å². The van der Waals surface area contributed by atoms with Crippen molar-refractivity contribution in [2.75, 3.05) is 18.4 Å². The SMILES string of the molecule is CCn1cnnc1CC1CCCN(C(=O)Nc2ccccc2)C1. The molecule has 1 saturated heterocycles. The van der Waals surface area contributed by atoms with E-state index in [0.29, 0.717) is 5.92 Å². The first kappa shape index (κ1) is 15.5. The zero-order chi connectivity index (χ0) is 16.1. The number of nitrogens with one attached hydrogen (secondary N) is 1. The first-order chi connectivity index (χ1) is 11.3. The van der Waals surface area contributed by atoms with Gasteiger partial charge in [-0.25, -0.2) is 4.79 Å². The minimum atomic E-state index is -0.0159. The summed E-state index contributed by atoms with van der Waals surface area (Å²) in [5.41, 5.74) is 0.838. The van der Waals surface area contributed by atoms with Crippen LogP contribution in [0.25, 0.3) is 0 Å². The molecule has 1 atom stereocenters. The van der Waals surface area contributed by atoms with Gasteiger partial charge in [0.25, 0.3) is 0 Å². The first-order valence-corrected chi connectivity index (χ1v) is 8.24. The van der Waals surface area contributed by atoms with Gasteiger partial charge in [-0.2, -0.15) is 0 Å². The molecule has 0 spiro atoms. The van der Waals surface area contributed by atoms with Crippen LogP contribution in [0.5, 0.6) is 0 Å². The maximum Gasteiger partial charge on any atom is 0.321 e. The van der Waals surface area contributed by atoms with Crippen LogP contribution in [0.4, 0.5) is 10.5 Å². The fourth-order valence-corrected chi connectivity index (χ4v) is 3.10. The number of amides is 2. The number of carbonyl (C=O) groups excluding carboxylic acids is 1. The second-order valence-electron chi connectivity index (χ2n) is 5.99. The van der Waals surface area contributed by atoms with E-state index >= 15 is 0 Å². The summed E-state index contributed by atoms with van der Waals surface area (Å²) < 4.78 is 2.07. The normalized spacial score (nSPS) is 18.0. The van der Waals surface area contributed by atoms with Crippen LogP contribution < -0.4 is 5.32 Å². The van der Waals surface area contributed by atoms with Gasteiger partial charge in [-0.05, 0) is 37.8 Å². The molecule has 122 valence electrons. The average Bonchev–Trinajstić information content (AvgIpc) is 3.03. The Labute approximate surface area is 136 Å². The number of piperidine rings is 1. The molecular weight excluding hydrogens is 290 g/mol. The molecule has 1 aromatic carbocycles. The van der Waals surface area contributed by atoms with E-state index < -0.39 is 0 Å². The van der Waals surface area contributed by atoms with Gasteiger partial charge in [0.15, 0.2) is 0 Å². The molecule has 0 saturated carbocycles. The van der Waals surface area contributed by atoms with Gasteiger partial charge in [0.2, 0.25) is 0 Å². The third kappa shape index (κ3) is 3.88. The molecule has 2 heterocycles. The van der Waals surface area contributed by atoms with E-state index in [-0.39, 0.29) is 6.03 Å². The molecule has 0 bridgehead atoms. The number of aryl methyl sites for hydroxylation is 1. The highest BCUT2D eigenvalue weighted by atomic mass is 16.2. The lowest BCUT2D eigenvalue weighted by atomic mass is 9.94. The fourth-order valence-electron chi connectivity index (χ4n) is 3.10. The number of carbonyl (C=O) groups is 1. The van der Waals surface area contributed by atoms with Crippen LogP contribution in [0.15, 0.2) is 36.7 Å². The third-order valence-electron chi connectivity index (χ3n) is 4.34. The molecule has 1 fully saturated rings. The zero-order valence-electron chi connectivity index (χ0n) is 13.5. The largest absolute Gasteiger partial charge is 0.324 e. The Bertz CT molecular complexity index is 639. The number of anilines is 1. The number of rotatable bonds is 4. The molecule has 6 nitrogen and oxygen atoms in total. The van der Waals surface area contributed by atoms with Gasteiger partial charge in [-0.15, -0.1) is 10.2 Å². The summed E-state index contributed by atoms with van der Waals surface area (Å²) in [6.07, 6.45) is 4.82. The predicted octanol–water partition coefficient (Wildman–Crippen LogP) is 2.78. The maximum absolute atomic E-state index is 12.4. The summed E-state index contributed by atoms with van der Waals surface area (Å²) >= 11 is 0. The lowest BCUT2D eigenvalue weighted by molar-refractivity contribution is 0.176. The maximum atomic E-state index is 12.4. The summed E-state index contributed by atoms with van der Waals surface area (Å²) in [4.78, 5) is 14.3. The van der Waals surface area contributed by atoms with Crippen LogP contribution in [-0.2, 0) is 13.0 Å². The highest BCUT2D eigenvalue weighted by Crippen LogP contribution is 2.21. The first-order valence-electron chi connectivity index (χ1n) is 8.24. The average molecular weight is 313 g/mol. The lowest BCUT2D eigenvalue weighted by Crippen LogP contribution is -2.43. The van der Waals surface area contributed by atoms with Crippen molar-refractivity contribution in [1.29, 1.82) is 0 Å². The molecule has 0 aliphatic carbocycles. The molecule has 1 aromatic heterocycles. The second kappa shape index (κ2) is 7.26. The van der Waals surface area contributed by atoms with Gasteiger partial charge < -0.3 is 14.8 Å². The molecule has 1 unspecified atom stereocenters. The minimum absolute atomic E-state index is 0.0159. The van der Waals surface area contributed by atoms with Crippen molar-refractivity contribution in [2.45, 2.75) is 32.7 Å². The number of likely N-dealkylation sites (tertiary alicyclic amines) is 1. The van der Waals surface area contributed by atoms with Crippen LogP contribution >= 0.6 is 0 Å². The molecule has 23 heavy (non-hydrogen) atoms. The standard InChI is InChI=1S/C17H23N5O/c1-2-21-13-18-20-16(21)11-14-7-6-10-22(12-14)17(23)19-15-8-4-3-5-9-15/h3-5,8-9,13-14H,2,6-7,10-12H2,1H3,(H,19,23). The molecule has 1 N–H and O–H groups in total. The highest BCUT2D eigenvalue weighted by molar-refractivity contribution is 5.89. The number of urea groups is 1. The van der Waals surface area contributed by atoms with E-state index in [2.05, 4.69) is 27.0 Å². The fraction of sp³-hybridized carbons (Fsp3) is 0.471. The van der Waals surface area contributed by atoms with Gasteiger partial charge in [-0.1, -0.05) is 18.2 Å². The number of para-hydroxylation sites is 1. The predicted molar refractivity (Wildman–Crippen MR) is 89.2 cm³/mol. The minimum Gasteiger partial charge on any atom is -0.324 e. The number of hydrogen-bond acceptors (Lipinski definition) is 3. The van der Waals surface area contributed by atoms with Crippen LogP contribution in [0.3, 0.4) is 0 Å². The van der Waals surface area contributed by atoms with Crippen LogP contribution in [-0.4, -0.2) is 38.8 Å². The van der Waals surface area contributed by atoms with Gasteiger partial charge in [-0.3, -0.25) is 0 Å². The molecular formula is C17H23N5O. The summed E-state index contributed by atoms with van der Waals surface area (Å²) in [6.45, 7) is 4.56. The Balaban J connectivity index is 1.58. The molecule has 3 rings (SSSR count). The summed E-state index contributed by atoms with van der Waals surface area (Å²) in [5.74, 6) is 1.46. The van der Waals surface area contributed by atoms with E-state index in [1.165, 1.54) is 0 Å². The Morgan fingerprint density at radius 1 is 1.35 bits per heavy atom. The van der Waals surface area contributed by atoms with Gasteiger partial charge in [0.05, 0.1) is 0 Å². The van der Waals surface area contributed by atoms with E-state index in [1.807, 2.05) is 35.2 Å². The van der Waals surface area contributed by atoms with Crippen molar-refractivity contribution in [3.63, 3.8) is 0 Å². The molecule has 6 heteroatoms. The Morgan fingerprint density at radius 3 is 2.96 bits per heavy atom. The number of nitrogens with zero attached hydrogens (tertiary/aromatic N) is 4. The Kier molecular flexibility index (Phi) is 4.90. The lowest BCUT2D eigenvalue weighted by Gasteiger charge is -2.32. The number of aromatic nitrogens is 3. The van der Waals surface area contributed by atoms with Gasteiger partial charge >= 0.3 is 6.03 Å². The molecule has 1 aliphatic rings. The van der Waals surface area contributed by atoms with E-state index in [9.17, 15) is 4.79 Å². The Hall–Kier alpha value is -2.37. The zero-order valence-corrected chi connectivity index (χ0v) is 13.5. The molecule has 2 aromatic rings. The topological polar surface area (TPSA) is 63.1 Å². The third-order valence-corrected chi connectivity index (χ3v) is 4.34. The van der Waals surface area contributed by atoms with E-state index in [1.54, 1.807) is 6.33 Å². The van der Waals surface area contributed by atoms with Gasteiger partial charge in [0, 0.05) is 31.7 Å². The number of hydrogen-bond donors (Lipinski definition) is 1. The van der Waals surface area contributed by atoms with E-state index in [0.717, 1.165) is 50.4 Å². The monoisotopic (exact) mass is 313 g/mol. The quantitative estimate of drug-likeness (QED) is 0.944. The van der Waals surface area contributed by atoms with Crippen molar-refractivity contribution in [3.05, 3.63) is 42.5 Å². The summed E-state index contributed by atoms with van der Waals surface area (Å²) in [6, 6.07) is 9.58. The van der Waals surface area contributed by atoms with Crippen molar-refractivity contribution in [3.8, 4) is 0 Å². The van der Waals surface area contributed by atoms with Crippen LogP contribution in [0.2, 0.25) is 0 Å². The highest BCUT2D eigenvalue weighted by Gasteiger charge is 2.25. The summed E-state index contributed by atoms with van der Waals surface area (Å²) in [5, 5.41) is 11.2. The van der Waals surface area contributed by atoms with Crippen molar-refractivity contribution < 1.29 is 4.79 Å². The van der Waals surface area contributed by atoms with Gasteiger partial charge in [0.1, 0.15) is 12.2 Å². The van der Waals surface area contributed by atoms with Crippen molar-refractivity contribution >= 4 is 11.7 Å². The number of benzene rings is 1. The smallest absolute Gasteiger partial charge is 0.321 e. The Morgan fingerprint density at radius 2 is 2.17 bits per heavy atom. The molecule has 0 radical (unpaired) electrons. The van der Waals surface area contributed by atoms with Crippen molar-refractivity contribution in [1.82, 2.24) is 19.7 Å². The molecule has 2 amide bonds. The van der Waals surface area contributed by atoms with Crippen LogP contribution in [0.1, 0.15) is 25.6 Å². The van der Waals surface area contributed by atoms with Crippen molar-refractivity contribution in [2.24, 2.45) is 5.92 Å². The second-order valence-corrected chi connectivity index (χ2v) is 5.99. The summed E-state index contributed by atoms with van der Waals surface area (Å²) in [7, 11) is 0. The van der Waals surface area contributed by atoms with E-state index in [4.69, 9.17) is 0 Å².